The normalized spacial score (nSPS) is 13.1. The van der Waals surface area contributed by atoms with Crippen molar-refractivity contribution in [1.29, 1.82) is 0 Å². The minimum Gasteiger partial charge on any atom is -0.486 e. The van der Waals surface area contributed by atoms with Gasteiger partial charge in [0.1, 0.15) is 13.2 Å². The van der Waals surface area contributed by atoms with Crippen LogP contribution in [0.1, 0.15) is 15.9 Å². The minimum absolute atomic E-state index is 0.0875. The van der Waals surface area contributed by atoms with E-state index in [2.05, 4.69) is 4.90 Å². The smallest absolute Gasteiger partial charge is 0.260 e. The zero-order valence-electron chi connectivity index (χ0n) is 16.3. The van der Waals surface area contributed by atoms with Crippen LogP contribution in [0.5, 0.6) is 11.5 Å². The number of anilines is 1. The van der Waals surface area contributed by atoms with E-state index in [0.29, 0.717) is 42.0 Å². The molecular formula is C21H23N3O3S. The summed E-state index contributed by atoms with van der Waals surface area (Å²) >= 11 is 1.54. The van der Waals surface area contributed by atoms with E-state index in [0.717, 1.165) is 22.3 Å². The van der Waals surface area contributed by atoms with Crippen LogP contribution in [0.3, 0.4) is 0 Å². The van der Waals surface area contributed by atoms with Gasteiger partial charge in [-0.25, -0.2) is 4.98 Å². The van der Waals surface area contributed by atoms with E-state index in [-0.39, 0.29) is 5.91 Å². The van der Waals surface area contributed by atoms with E-state index in [1.807, 2.05) is 39.2 Å². The molecule has 1 amide bonds. The summed E-state index contributed by atoms with van der Waals surface area (Å²) in [5, 5.41) is 0.714. The Kier molecular flexibility index (Phi) is 5.19. The van der Waals surface area contributed by atoms with Crippen LogP contribution in [-0.4, -0.2) is 56.2 Å². The van der Waals surface area contributed by atoms with Crippen molar-refractivity contribution in [2.75, 3.05) is 45.3 Å². The average molecular weight is 398 g/mol. The first-order valence-corrected chi connectivity index (χ1v) is 10.1. The SMILES string of the molecule is Cc1cccc2sc(N(CCN(C)C)C(=O)c3ccc4c(c3)OCCO4)nc12. The summed E-state index contributed by atoms with van der Waals surface area (Å²) in [5.41, 5.74) is 2.63. The topological polar surface area (TPSA) is 54.9 Å². The maximum atomic E-state index is 13.4. The number of carbonyl (C=O) groups is 1. The molecule has 0 spiro atoms. The fraction of sp³-hybridized carbons (Fsp3) is 0.333. The third-order valence-corrected chi connectivity index (χ3v) is 5.69. The van der Waals surface area contributed by atoms with E-state index < -0.39 is 0 Å². The summed E-state index contributed by atoms with van der Waals surface area (Å²) in [5.74, 6) is 1.21. The molecule has 1 aliphatic heterocycles. The van der Waals surface area contributed by atoms with E-state index in [4.69, 9.17) is 14.5 Å². The number of rotatable bonds is 5. The van der Waals surface area contributed by atoms with Crippen LogP contribution in [0.4, 0.5) is 5.13 Å². The van der Waals surface area contributed by atoms with E-state index >= 15 is 0 Å². The maximum Gasteiger partial charge on any atom is 0.260 e. The second-order valence-corrected chi connectivity index (χ2v) is 8.05. The summed E-state index contributed by atoms with van der Waals surface area (Å²) in [6.45, 7) is 4.36. The molecule has 0 saturated heterocycles. The van der Waals surface area contributed by atoms with Gasteiger partial charge in [-0.15, -0.1) is 0 Å². The molecule has 3 aromatic rings. The Hall–Kier alpha value is -2.64. The zero-order chi connectivity index (χ0) is 19.7. The molecule has 0 saturated carbocycles. The molecule has 2 aromatic carbocycles. The van der Waals surface area contributed by atoms with Gasteiger partial charge >= 0.3 is 0 Å². The number of likely N-dealkylation sites (N-methyl/N-ethyl adjacent to an activating group) is 1. The van der Waals surface area contributed by atoms with Crippen molar-refractivity contribution < 1.29 is 14.3 Å². The molecule has 6 nitrogen and oxygen atoms in total. The number of ether oxygens (including phenoxy) is 2. The summed E-state index contributed by atoms with van der Waals surface area (Å²) in [7, 11) is 3.99. The van der Waals surface area contributed by atoms with Gasteiger partial charge in [0.15, 0.2) is 16.6 Å². The third-order valence-electron chi connectivity index (χ3n) is 4.65. The molecule has 0 unspecified atom stereocenters. The standard InChI is InChI=1S/C21H23N3O3S/c1-14-5-4-6-18-19(14)22-21(28-18)24(10-9-23(2)3)20(25)15-7-8-16-17(13-15)27-12-11-26-16/h4-8,13H,9-12H2,1-3H3. The van der Waals surface area contributed by atoms with Crippen molar-refractivity contribution in [2.24, 2.45) is 0 Å². The minimum atomic E-state index is -0.0875. The number of benzene rings is 2. The lowest BCUT2D eigenvalue weighted by atomic mass is 10.1. The van der Waals surface area contributed by atoms with Crippen LogP contribution >= 0.6 is 11.3 Å². The molecule has 0 fully saturated rings. The molecule has 0 bridgehead atoms. The Balaban J connectivity index is 1.70. The number of hydrogen-bond acceptors (Lipinski definition) is 6. The number of nitrogens with zero attached hydrogens (tertiary/aromatic N) is 3. The lowest BCUT2D eigenvalue weighted by Gasteiger charge is -2.23. The lowest BCUT2D eigenvalue weighted by Crippen LogP contribution is -2.36. The van der Waals surface area contributed by atoms with Crippen LogP contribution in [-0.2, 0) is 0 Å². The predicted molar refractivity (Wildman–Crippen MR) is 112 cm³/mol. The van der Waals surface area contributed by atoms with Crippen LogP contribution in [0, 0.1) is 6.92 Å². The highest BCUT2D eigenvalue weighted by Crippen LogP contribution is 2.34. The first-order valence-electron chi connectivity index (χ1n) is 9.25. The maximum absolute atomic E-state index is 13.4. The number of amides is 1. The fourth-order valence-electron chi connectivity index (χ4n) is 3.11. The summed E-state index contributed by atoms with van der Waals surface area (Å²) in [4.78, 5) is 22.0. The summed E-state index contributed by atoms with van der Waals surface area (Å²) in [6, 6.07) is 11.5. The summed E-state index contributed by atoms with van der Waals surface area (Å²) < 4.78 is 12.3. The summed E-state index contributed by atoms with van der Waals surface area (Å²) in [6.07, 6.45) is 0. The molecule has 4 rings (SSSR count). The molecule has 7 heteroatoms. The number of carbonyl (C=O) groups excluding carboxylic acids is 1. The predicted octanol–water partition coefficient (Wildman–Crippen LogP) is 3.58. The average Bonchev–Trinajstić information content (AvgIpc) is 3.12. The molecule has 2 heterocycles. The second kappa shape index (κ2) is 7.77. The van der Waals surface area contributed by atoms with Crippen molar-refractivity contribution in [3.8, 4) is 11.5 Å². The van der Waals surface area contributed by atoms with Crippen molar-refractivity contribution >= 4 is 32.6 Å². The molecule has 1 aliphatic rings. The highest BCUT2D eigenvalue weighted by Gasteiger charge is 2.23. The van der Waals surface area contributed by atoms with Crippen LogP contribution in [0.15, 0.2) is 36.4 Å². The van der Waals surface area contributed by atoms with Gasteiger partial charge < -0.3 is 14.4 Å². The van der Waals surface area contributed by atoms with Gasteiger partial charge in [0.05, 0.1) is 10.2 Å². The van der Waals surface area contributed by atoms with Crippen molar-refractivity contribution in [1.82, 2.24) is 9.88 Å². The number of aromatic nitrogens is 1. The second-order valence-electron chi connectivity index (χ2n) is 7.04. The van der Waals surface area contributed by atoms with Gasteiger partial charge in [-0.05, 0) is 50.8 Å². The van der Waals surface area contributed by atoms with Gasteiger partial charge in [-0.2, -0.15) is 0 Å². The van der Waals surface area contributed by atoms with Gasteiger partial charge in [-0.3, -0.25) is 9.69 Å². The molecule has 28 heavy (non-hydrogen) atoms. The molecule has 0 N–H and O–H groups in total. The Morgan fingerprint density at radius 3 is 2.64 bits per heavy atom. The first kappa shape index (κ1) is 18.7. The highest BCUT2D eigenvalue weighted by molar-refractivity contribution is 7.22. The fourth-order valence-corrected chi connectivity index (χ4v) is 4.17. The third kappa shape index (κ3) is 3.68. The number of aryl methyl sites for hydroxylation is 1. The van der Waals surface area contributed by atoms with Crippen molar-refractivity contribution in [3.63, 3.8) is 0 Å². The zero-order valence-corrected chi connectivity index (χ0v) is 17.1. The first-order chi connectivity index (χ1) is 13.5. The van der Waals surface area contributed by atoms with E-state index in [1.54, 1.807) is 34.4 Å². The Morgan fingerprint density at radius 1 is 1.11 bits per heavy atom. The van der Waals surface area contributed by atoms with E-state index in [1.165, 1.54) is 0 Å². The molecular weight excluding hydrogens is 374 g/mol. The number of fused-ring (bicyclic) bond motifs is 2. The van der Waals surface area contributed by atoms with Gasteiger partial charge in [-0.1, -0.05) is 23.5 Å². The van der Waals surface area contributed by atoms with Crippen molar-refractivity contribution in [2.45, 2.75) is 6.92 Å². The molecule has 1 aromatic heterocycles. The Morgan fingerprint density at radius 2 is 1.89 bits per heavy atom. The highest BCUT2D eigenvalue weighted by atomic mass is 32.1. The van der Waals surface area contributed by atoms with Gasteiger partial charge in [0.25, 0.3) is 5.91 Å². The largest absolute Gasteiger partial charge is 0.486 e. The lowest BCUT2D eigenvalue weighted by molar-refractivity contribution is 0.0984. The van der Waals surface area contributed by atoms with Gasteiger partial charge in [0, 0.05) is 18.7 Å². The van der Waals surface area contributed by atoms with Crippen LogP contribution < -0.4 is 14.4 Å². The molecule has 0 aliphatic carbocycles. The van der Waals surface area contributed by atoms with Gasteiger partial charge in [0.2, 0.25) is 0 Å². The quantitative estimate of drug-likeness (QED) is 0.659. The van der Waals surface area contributed by atoms with E-state index in [9.17, 15) is 4.79 Å². The molecule has 146 valence electrons. The number of thiazole rings is 1. The van der Waals surface area contributed by atoms with Crippen molar-refractivity contribution in [3.05, 3.63) is 47.5 Å². The molecule has 0 radical (unpaired) electrons. The van der Waals surface area contributed by atoms with Crippen LogP contribution in [0.2, 0.25) is 0 Å². The Labute approximate surface area is 168 Å². The number of hydrogen-bond donors (Lipinski definition) is 0. The molecule has 0 atom stereocenters. The van der Waals surface area contributed by atoms with Crippen LogP contribution in [0.25, 0.3) is 10.2 Å². The Bertz CT molecular complexity index is 1020. The number of para-hydroxylation sites is 1. The monoisotopic (exact) mass is 397 g/mol.